The molecule has 5 heteroatoms. The van der Waals surface area contributed by atoms with E-state index >= 15 is 0 Å². The zero-order valence-electron chi connectivity index (χ0n) is 15.5. The highest BCUT2D eigenvalue weighted by atomic mass is 16.1. The molecule has 5 nitrogen and oxygen atoms in total. The van der Waals surface area contributed by atoms with Gasteiger partial charge in [-0.15, -0.1) is 0 Å². The van der Waals surface area contributed by atoms with Gasteiger partial charge in [0.1, 0.15) is 17.6 Å². The van der Waals surface area contributed by atoms with Gasteiger partial charge in [0, 0.05) is 17.7 Å². The summed E-state index contributed by atoms with van der Waals surface area (Å²) in [6, 6.07) is 6.92. The van der Waals surface area contributed by atoms with Gasteiger partial charge in [0.05, 0.1) is 11.9 Å². The molecule has 0 bridgehead atoms. The maximum absolute atomic E-state index is 12.6. The molecular formula is C20H26N4O. The minimum absolute atomic E-state index is 0.107. The first kappa shape index (κ1) is 18.9. The average Bonchev–Trinajstić information content (AvgIpc) is 2.60. The van der Waals surface area contributed by atoms with Crippen molar-refractivity contribution in [3.63, 3.8) is 0 Å². The predicted molar refractivity (Wildman–Crippen MR) is 98.8 cm³/mol. The molecule has 0 aliphatic rings. The Bertz CT molecular complexity index is 802. The number of aromatic nitrogens is 3. The first-order valence-electron chi connectivity index (χ1n) is 8.97. The second-order valence-corrected chi connectivity index (χ2v) is 6.64. The Morgan fingerprint density at radius 2 is 2.08 bits per heavy atom. The summed E-state index contributed by atoms with van der Waals surface area (Å²) in [6.45, 7) is 8.40. The smallest absolute Gasteiger partial charge is 0.258 e. The van der Waals surface area contributed by atoms with Crippen LogP contribution in [0.15, 0.2) is 29.2 Å². The highest BCUT2D eigenvalue weighted by molar-refractivity contribution is 5.35. The van der Waals surface area contributed by atoms with Crippen LogP contribution < -0.4 is 5.56 Å². The quantitative estimate of drug-likeness (QED) is 0.761. The molecule has 2 aromatic heterocycles. The van der Waals surface area contributed by atoms with Crippen molar-refractivity contribution in [3.8, 4) is 11.8 Å². The van der Waals surface area contributed by atoms with Crippen molar-refractivity contribution in [2.75, 3.05) is 0 Å². The molecule has 0 fully saturated rings. The lowest BCUT2D eigenvalue weighted by Crippen LogP contribution is -2.25. The molecule has 2 aromatic rings. The SMILES string of the molecule is CCCC(CC)CC(C)c1nc(C)cc(=O)n1-c1ccc(C#N)nc1. The van der Waals surface area contributed by atoms with Crippen LogP contribution in [0.1, 0.15) is 69.6 Å². The first-order chi connectivity index (χ1) is 12.0. The van der Waals surface area contributed by atoms with E-state index in [1.807, 2.05) is 13.0 Å². The Hall–Kier alpha value is -2.48. The molecule has 0 aliphatic heterocycles. The third kappa shape index (κ3) is 4.54. The average molecular weight is 338 g/mol. The van der Waals surface area contributed by atoms with Gasteiger partial charge >= 0.3 is 0 Å². The number of nitrogens with zero attached hydrogens (tertiary/aromatic N) is 4. The summed E-state index contributed by atoms with van der Waals surface area (Å²) in [4.78, 5) is 21.4. The summed E-state index contributed by atoms with van der Waals surface area (Å²) in [7, 11) is 0. The summed E-state index contributed by atoms with van der Waals surface area (Å²) in [5, 5.41) is 8.92. The fraction of sp³-hybridized carbons (Fsp3) is 0.500. The van der Waals surface area contributed by atoms with Crippen LogP contribution in [0.5, 0.6) is 0 Å². The second kappa shape index (κ2) is 8.57. The normalized spacial score (nSPS) is 13.2. The molecule has 0 radical (unpaired) electrons. The Kier molecular flexibility index (Phi) is 6.46. The largest absolute Gasteiger partial charge is 0.269 e. The molecule has 2 unspecified atom stereocenters. The molecule has 132 valence electrons. The van der Waals surface area contributed by atoms with Crippen LogP contribution in [-0.2, 0) is 0 Å². The molecule has 0 saturated heterocycles. The predicted octanol–water partition coefficient (Wildman–Crippen LogP) is 4.13. The zero-order chi connectivity index (χ0) is 18.4. The van der Waals surface area contributed by atoms with Gasteiger partial charge in [-0.1, -0.05) is 40.0 Å². The number of pyridine rings is 1. The van der Waals surface area contributed by atoms with Crippen molar-refractivity contribution in [2.24, 2.45) is 5.92 Å². The van der Waals surface area contributed by atoms with Crippen LogP contribution in [-0.4, -0.2) is 14.5 Å². The zero-order valence-corrected chi connectivity index (χ0v) is 15.5. The van der Waals surface area contributed by atoms with E-state index in [0.717, 1.165) is 24.4 Å². The van der Waals surface area contributed by atoms with Gasteiger partial charge in [-0.3, -0.25) is 9.36 Å². The minimum Gasteiger partial charge on any atom is -0.269 e. The molecule has 0 spiro atoms. The molecular weight excluding hydrogens is 312 g/mol. The van der Waals surface area contributed by atoms with E-state index in [0.29, 0.717) is 17.3 Å². The topological polar surface area (TPSA) is 71.6 Å². The fourth-order valence-corrected chi connectivity index (χ4v) is 3.30. The maximum Gasteiger partial charge on any atom is 0.258 e. The molecule has 0 saturated carbocycles. The molecule has 2 rings (SSSR count). The van der Waals surface area contributed by atoms with Crippen LogP contribution in [0.25, 0.3) is 5.69 Å². The fourth-order valence-electron chi connectivity index (χ4n) is 3.30. The highest BCUT2D eigenvalue weighted by Gasteiger charge is 2.19. The monoisotopic (exact) mass is 338 g/mol. The molecule has 2 heterocycles. The highest BCUT2D eigenvalue weighted by Crippen LogP contribution is 2.27. The van der Waals surface area contributed by atoms with E-state index in [2.05, 4.69) is 30.7 Å². The van der Waals surface area contributed by atoms with Crippen LogP contribution >= 0.6 is 0 Å². The van der Waals surface area contributed by atoms with Crippen LogP contribution in [0.4, 0.5) is 0 Å². The Balaban J connectivity index is 2.46. The lowest BCUT2D eigenvalue weighted by Gasteiger charge is -2.22. The number of hydrogen-bond donors (Lipinski definition) is 0. The van der Waals surface area contributed by atoms with Crippen molar-refractivity contribution in [2.45, 2.75) is 59.3 Å². The Morgan fingerprint density at radius 3 is 2.64 bits per heavy atom. The Morgan fingerprint density at radius 1 is 1.32 bits per heavy atom. The van der Waals surface area contributed by atoms with Gasteiger partial charge in [-0.25, -0.2) is 9.97 Å². The molecule has 25 heavy (non-hydrogen) atoms. The second-order valence-electron chi connectivity index (χ2n) is 6.64. The standard InChI is InChI=1S/C20H26N4O/c1-5-7-16(6-2)10-14(3)20-23-15(4)11-19(25)24(20)18-9-8-17(12-21)22-13-18/h8-9,11,13-14,16H,5-7,10H2,1-4H3. The van der Waals surface area contributed by atoms with E-state index < -0.39 is 0 Å². The maximum atomic E-state index is 12.6. The van der Waals surface area contributed by atoms with Gasteiger partial charge in [0.15, 0.2) is 0 Å². The number of rotatable bonds is 7. The third-order valence-corrected chi connectivity index (χ3v) is 4.60. The van der Waals surface area contributed by atoms with Gasteiger partial charge in [-0.2, -0.15) is 5.26 Å². The van der Waals surface area contributed by atoms with Crippen molar-refractivity contribution < 1.29 is 0 Å². The molecule has 0 amide bonds. The summed E-state index contributed by atoms with van der Waals surface area (Å²) < 4.78 is 1.63. The number of aryl methyl sites for hydroxylation is 1. The summed E-state index contributed by atoms with van der Waals surface area (Å²) in [5.41, 5.74) is 1.61. The van der Waals surface area contributed by atoms with E-state index in [-0.39, 0.29) is 11.5 Å². The summed E-state index contributed by atoms with van der Waals surface area (Å²) >= 11 is 0. The van der Waals surface area contributed by atoms with Crippen molar-refractivity contribution >= 4 is 0 Å². The third-order valence-electron chi connectivity index (χ3n) is 4.60. The lowest BCUT2D eigenvalue weighted by molar-refractivity contribution is 0.392. The number of hydrogen-bond acceptors (Lipinski definition) is 4. The number of nitriles is 1. The molecule has 2 atom stereocenters. The van der Waals surface area contributed by atoms with Crippen molar-refractivity contribution in [1.29, 1.82) is 5.26 Å². The summed E-state index contributed by atoms with van der Waals surface area (Å²) in [6.07, 6.45) is 6.06. The van der Waals surface area contributed by atoms with Gasteiger partial charge in [0.25, 0.3) is 5.56 Å². The van der Waals surface area contributed by atoms with Crippen LogP contribution in [0.3, 0.4) is 0 Å². The lowest BCUT2D eigenvalue weighted by atomic mass is 9.89. The molecule has 0 aliphatic carbocycles. The van der Waals surface area contributed by atoms with E-state index in [4.69, 9.17) is 5.26 Å². The van der Waals surface area contributed by atoms with E-state index in [1.54, 1.807) is 22.9 Å². The van der Waals surface area contributed by atoms with Crippen molar-refractivity contribution in [1.82, 2.24) is 14.5 Å². The summed E-state index contributed by atoms with van der Waals surface area (Å²) in [5.74, 6) is 1.57. The van der Waals surface area contributed by atoms with Gasteiger partial charge in [0.2, 0.25) is 0 Å². The van der Waals surface area contributed by atoms with Crippen molar-refractivity contribution in [3.05, 3.63) is 52.0 Å². The van der Waals surface area contributed by atoms with E-state index in [1.165, 1.54) is 18.9 Å². The minimum atomic E-state index is -0.107. The Labute approximate surface area is 149 Å². The first-order valence-corrected chi connectivity index (χ1v) is 8.97. The van der Waals surface area contributed by atoms with Gasteiger partial charge < -0.3 is 0 Å². The molecule has 0 aromatic carbocycles. The van der Waals surface area contributed by atoms with Gasteiger partial charge in [-0.05, 0) is 31.4 Å². The molecule has 0 N–H and O–H groups in total. The van der Waals surface area contributed by atoms with Crippen LogP contribution in [0.2, 0.25) is 0 Å². The van der Waals surface area contributed by atoms with Crippen LogP contribution in [0, 0.1) is 24.2 Å². The van der Waals surface area contributed by atoms with E-state index in [9.17, 15) is 4.79 Å².